The molecule has 1 heterocycles. The summed E-state index contributed by atoms with van der Waals surface area (Å²) in [5.74, 6) is 0.506. The quantitative estimate of drug-likeness (QED) is 0.935. The van der Waals surface area contributed by atoms with Crippen LogP contribution in [0.15, 0.2) is 22.7 Å². The molecule has 0 aliphatic heterocycles. The van der Waals surface area contributed by atoms with Crippen LogP contribution in [0.3, 0.4) is 0 Å². The van der Waals surface area contributed by atoms with E-state index in [-0.39, 0.29) is 5.82 Å². The second-order valence-electron chi connectivity index (χ2n) is 6.29. The van der Waals surface area contributed by atoms with Gasteiger partial charge in [-0.1, -0.05) is 5.16 Å². The Morgan fingerprint density at radius 2 is 1.80 bits per heavy atom. The molecule has 0 spiro atoms. The van der Waals surface area contributed by atoms with Crippen LogP contribution in [0.25, 0.3) is 11.4 Å². The van der Waals surface area contributed by atoms with Crippen LogP contribution in [0.4, 0.5) is 4.39 Å². The largest absolute Gasteiger partial charge is 0.338 e. The monoisotopic (exact) mass is 277 g/mol. The van der Waals surface area contributed by atoms with E-state index in [1.165, 1.54) is 12.1 Å². The summed E-state index contributed by atoms with van der Waals surface area (Å²) in [4.78, 5) is 4.38. The normalized spacial score (nSPS) is 12.8. The first-order valence-electron chi connectivity index (χ1n) is 6.52. The van der Waals surface area contributed by atoms with E-state index in [0.29, 0.717) is 17.3 Å². The van der Waals surface area contributed by atoms with Gasteiger partial charge in [-0.25, -0.2) is 4.39 Å². The summed E-state index contributed by atoms with van der Waals surface area (Å²) in [5.41, 5.74) is 6.56. The molecule has 0 aliphatic rings. The third-order valence-corrected chi connectivity index (χ3v) is 3.87. The molecule has 2 aromatic rings. The Bertz CT molecular complexity index is 606. The fraction of sp³-hybridized carbons (Fsp3) is 0.467. The maximum atomic E-state index is 13.4. The van der Waals surface area contributed by atoms with Crippen LogP contribution in [0.5, 0.6) is 0 Å². The van der Waals surface area contributed by atoms with Crippen molar-refractivity contribution in [2.45, 2.75) is 45.6 Å². The number of rotatable bonds is 3. The van der Waals surface area contributed by atoms with Crippen molar-refractivity contribution in [3.63, 3.8) is 0 Å². The molecule has 0 amide bonds. The fourth-order valence-corrected chi connectivity index (χ4v) is 1.74. The number of halogens is 1. The Morgan fingerprint density at radius 3 is 2.35 bits per heavy atom. The van der Waals surface area contributed by atoms with Gasteiger partial charge in [0.1, 0.15) is 5.82 Å². The molecule has 0 fully saturated rings. The molecule has 2 rings (SSSR count). The highest BCUT2D eigenvalue weighted by molar-refractivity contribution is 5.55. The summed E-state index contributed by atoms with van der Waals surface area (Å²) in [6, 6.07) is 4.66. The Morgan fingerprint density at radius 1 is 1.15 bits per heavy atom. The maximum absolute atomic E-state index is 13.4. The molecule has 0 atom stereocenters. The van der Waals surface area contributed by atoms with Crippen molar-refractivity contribution in [1.82, 2.24) is 10.1 Å². The molecular weight excluding hydrogens is 257 g/mol. The van der Waals surface area contributed by atoms with E-state index in [1.807, 2.05) is 40.7 Å². The minimum Gasteiger partial charge on any atom is -0.338 e. The highest BCUT2D eigenvalue weighted by Crippen LogP contribution is 2.33. The van der Waals surface area contributed by atoms with Gasteiger partial charge in [0, 0.05) is 11.1 Å². The van der Waals surface area contributed by atoms with E-state index in [4.69, 9.17) is 10.3 Å². The molecule has 0 aliphatic carbocycles. The molecule has 0 radical (unpaired) electrons. The minimum absolute atomic E-state index is 0.315. The Kier molecular flexibility index (Phi) is 3.42. The highest BCUT2D eigenvalue weighted by Gasteiger charge is 2.40. The SMILES string of the molecule is Cc1cc(F)cc(-c2noc(C(C)(C)C(C)(C)N)n2)c1. The number of nitrogens with zero attached hydrogens (tertiary/aromatic N) is 2. The van der Waals surface area contributed by atoms with E-state index in [2.05, 4.69) is 10.1 Å². The van der Waals surface area contributed by atoms with Crippen molar-refractivity contribution in [2.24, 2.45) is 5.73 Å². The van der Waals surface area contributed by atoms with Crippen LogP contribution in [-0.2, 0) is 5.41 Å². The zero-order chi connectivity index (χ0) is 15.1. The maximum Gasteiger partial charge on any atom is 0.234 e. The summed E-state index contributed by atoms with van der Waals surface area (Å²) in [6.45, 7) is 9.52. The van der Waals surface area contributed by atoms with Crippen molar-refractivity contribution in [3.8, 4) is 11.4 Å². The van der Waals surface area contributed by atoms with E-state index >= 15 is 0 Å². The second kappa shape index (κ2) is 4.66. The smallest absolute Gasteiger partial charge is 0.234 e. The molecular formula is C15H20FN3O. The first-order valence-corrected chi connectivity index (χ1v) is 6.52. The van der Waals surface area contributed by atoms with Crippen molar-refractivity contribution in [3.05, 3.63) is 35.5 Å². The minimum atomic E-state index is -0.519. The predicted octanol–water partition coefficient (Wildman–Crippen LogP) is 3.20. The molecule has 2 N–H and O–H groups in total. The predicted molar refractivity (Wildman–Crippen MR) is 75.7 cm³/mol. The van der Waals surface area contributed by atoms with Gasteiger partial charge in [-0.15, -0.1) is 0 Å². The number of hydrogen-bond acceptors (Lipinski definition) is 4. The topological polar surface area (TPSA) is 64.9 Å². The standard InChI is InChI=1S/C15H20FN3O/c1-9-6-10(8-11(16)7-9)12-18-13(20-19-12)14(2,3)15(4,5)17/h6-8H,17H2,1-5H3. The third kappa shape index (κ3) is 2.58. The van der Waals surface area contributed by atoms with Crippen molar-refractivity contribution in [2.75, 3.05) is 0 Å². The zero-order valence-corrected chi connectivity index (χ0v) is 12.5. The van der Waals surface area contributed by atoms with Gasteiger partial charge in [-0.2, -0.15) is 4.98 Å². The lowest BCUT2D eigenvalue weighted by Gasteiger charge is -2.34. The van der Waals surface area contributed by atoms with Crippen LogP contribution < -0.4 is 5.73 Å². The lowest BCUT2D eigenvalue weighted by molar-refractivity contribution is 0.223. The van der Waals surface area contributed by atoms with Crippen LogP contribution in [-0.4, -0.2) is 15.7 Å². The van der Waals surface area contributed by atoms with E-state index in [0.717, 1.165) is 5.56 Å². The van der Waals surface area contributed by atoms with Gasteiger partial charge in [0.2, 0.25) is 11.7 Å². The highest BCUT2D eigenvalue weighted by atomic mass is 19.1. The summed E-state index contributed by atoms with van der Waals surface area (Å²) >= 11 is 0. The first kappa shape index (κ1) is 14.7. The molecule has 1 aromatic carbocycles. The molecule has 20 heavy (non-hydrogen) atoms. The lowest BCUT2D eigenvalue weighted by Crippen LogP contribution is -2.50. The average molecular weight is 277 g/mol. The number of nitrogens with two attached hydrogens (primary N) is 1. The summed E-state index contributed by atoms with van der Waals surface area (Å²) in [7, 11) is 0. The van der Waals surface area contributed by atoms with Crippen LogP contribution in [0, 0.1) is 12.7 Å². The second-order valence-corrected chi connectivity index (χ2v) is 6.29. The van der Waals surface area contributed by atoms with Gasteiger partial charge >= 0.3 is 0 Å². The summed E-state index contributed by atoms with van der Waals surface area (Å²) < 4.78 is 18.8. The van der Waals surface area contributed by atoms with Crippen LogP contribution in [0.2, 0.25) is 0 Å². The Hall–Kier alpha value is -1.75. The number of benzene rings is 1. The van der Waals surface area contributed by atoms with Crippen molar-refractivity contribution < 1.29 is 8.91 Å². The van der Waals surface area contributed by atoms with Gasteiger partial charge in [-0.3, -0.25) is 0 Å². The molecule has 4 nitrogen and oxygen atoms in total. The van der Waals surface area contributed by atoms with E-state index < -0.39 is 11.0 Å². The van der Waals surface area contributed by atoms with Crippen molar-refractivity contribution in [1.29, 1.82) is 0 Å². The third-order valence-electron chi connectivity index (χ3n) is 3.87. The van der Waals surface area contributed by atoms with Crippen LogP contribution in [0.1, 0.15) is 39.1 Å². The van der Waals surface area contributed by atoms with Gasteiger partial charge in [0.25, 0.3) is 0 Å². The lowest BCUT2D eigenvalue weighted by atomic mass is 9.75. The van der Waals surface area contributed by atoms with Gasteiger partial charge < -0.3 is 10.3 Å². The molecule has 1 aromatic heterocycles. The molecule has 108 valence electrons. The van der Waals surface area contributed by atoms with Gasteiger partial charge in [-0.05, 0) is 58.4 Å². The fourth-order valence-electron chi connectivity index (χ4n) is 1.74. The number of aromatic nitrogens is 2. The Balaban J connectivity index is 2.43. The van der Waals surface area contributed by atoms with Crippen molar-refractivity contribution >= 4 is 0 Å². The van der Waals surface area contributed by atoms with E-state index in [9.17, 15) is 4.39 Å². The van der Waals surface area contributed by atoms with Gasteiger partial charge in [0.15, 0.2) is 0 Å². The van der Waals surface area contributed by atoms with Gasteiger partial charge in [0.05, 0.1) is 5.41 Å². The molecule has 0 unspecified atom stereocenters. The molecule has 5 heteroatoms. The van der Waals surface area contributed by atoms with E-state index in [1.54, 1.807) is 0 Å². The number of hydrogen-bond donors (Lipinski definition) is 1. The van der Waals surface area contributed by atoms with Crippen LogP contribution >= 0.6 is 0 Å². The molecule has 0 saturated heterocycles. The number of aryl methyl sites for hydroxylation is 1. The molecule has 0 saturated carbocycles. The first-order chi connectivity index (χ1) is 9.11. The summed E-state index contributed by atoms with van der Waals surface area (Å²) in [5, 5.41) is 3.94. The Labute approximate surface area is 118 Å². The molecule has 0 bridgehead atoms. The zero-order valence-electron chi connectivity index (χ0n) is 12.5. The summed E-state index contributed by atoms with van der Waals surface area (Å²) in [6.07, 6.45) is 0. The average Bonchev–Trinajstić information content (AvgIpc) is 2.75.